The third-order valence-electron chi connectivity index (χ3n) is 3.92. The number of nitrogens with one attached hydrogen (secondary N) is 1. The lowest BCUT2D eigenvalue weighted by molar-refractivity contribution is 0.0906. The van der Waals surface area contributed by atoms with Crippen LogP contribution in [0.25, 0.3) is 0 Å². The summed E-state index contributed by atoms with van der Waals surface area (Å²) in [5, 5.41) is 3.79. The fraction of sp³-hybridized carbons (Fsp3) is 1.00. The molecule has 1 N–H and O–H groups in total. The molecule has 96 valence electrons. The van der Waals surface area contributed by atoms with Crippen LogP contribution in [-0.2, 0) is 0 Å². The maximum atomic E-state index is 3.79. The van der Waals surface area contributed by atoms with Gasteiger partial charge in [-0.15, -0.1) is 0 Å². The zero-order valence-corrected chi connectivity index (χ0v) is 11.8. The fourth-order valence-electron chi connectivity index (χ4n) is 3.19. The largest absolute Gasteiger partial charge is 0.313 e. The average Bonchev–Trinajstić information content (AvgIpc) is 2.15. The minimum atomic E-state index is 0.466. The minimum absolute atomic E-state index is 0.466. The van der Waals surface area contributed by atoms with Crippen LogP contribution in [0, 0.1) is 11.3 Å². The maximum Gasteiger partial charge on any atom is 0.0159 e. The highest BCUT2D eigenvalue weighted by atomic mass is 15.1. The molecule has 1 aliphatic carbocycles. The summed E-state index contributed by atoms with van der Waals surface area (Å²) < 4.78 is 0. The van der Waals surface area contributed by atoms with Gasteiger partial charge in [0.05, 0.1) is 0 Å². The average molecular weight is 226 g/mol. The first-order chi connectivity index (χ1) is 7.47. The topological polar surface area (TPSA) is 15.3 Å². The van der Waals surface area contributed by atoms with Crippen molar-refractivity contribution in [2.45, 2.75) is 52.5 Å². The van der Waals surface area contributed by atoms with Gasteiger partial charge in [-0.05, 0) is 51.2 Å². The van der Waals surface area contributed by atoms with Crippen LogP contribution >= 0.6 is 0 Å². The van der Waals surface area contributed by atoms with E-state index >= 15 is 0 Å². The molecule has 0 aromatic rings. The second-order valence-corrected chi connectivity index (χ2v) is 6.33. The zero-order valence-electron chi connectivity index (χ0n) is 11.8. The molecule has 2 atom stereocenters. The third kappa shape index (κ3) is 3.74. The van der Waals surface area contributed by atoms with E-state index in [0.717, 1.165) is 12.5 Å². The quantitative estimate of drug-likeness (QED) is 0.775. The van der Waals surface area contributed by atoms with Crippen molar-refractivity contribution < 1.29 is 0 Å². The van der Waals surface area contributed by atoms with Gasteiger partial charge in [-0.2, -0.15) is 0 Å². The molecule has 0 saturated heterocycles. The molecular formula is C14H30N2. The van der Waals surface area contributed by atoms with Gasteiger partial charge in [0, 0.05) is 12.6 Å². The molecule has 1 saturated carbocycles. The van der Waals surface area contributed by atoms with Crippen molar-refractivity contribution in [1.82, 2.24) is 10.2 Å². The molecule has 0 aromatic carbocycles. The minimum Gasteiger partial charge on any atom is -0.313 e. The van der Waals surface area contributed by atoms with E-state index < -0.39 is 0 Å². The number of rotatable bonds is 5. The van der Waals surface area contributed by atoms with E-state index in [1.165, 1.54) is 32.2 Å². The molecule has 0 amide bonds. The summed E-state index contributed by atoms with van der Waals surface area (Å²) in [5.41, 5.74) is 0.466. The van der Waals surface area contributed by atoms with Crippen LogP contribution in [0.5, 0.6) is 0 Å². The number of hydrogen-bond donors (Lipinski definition) is 1. The van der Waals surface area contributed by atoms with Gasteiger partial charge in [0.1, 0.15) is 0 Å². The highest BCUT2D eigenvalue weighted by molar-refractivity contribution is 4.94. The molecule has 16 heavy (non-hydrogen) atoms. The predicted octanol–water partition coefficient (Wildman–Crippen LogP) is 2.74. The second kappa shape index (κ2) is 6.02. The van der Waals surface area contributed by atoms with E-state index in [1.807, 2.05) is 0 Å². The summed E-state index contributed by atoms with van der Waals surface area (Å²) in [6.07, 6.45) is 5.40. The van der Waals surface area contributed by atoms with Crippen LogP contribution in [0.1, 0.15) is 46.5 Å². The van der Waals surface area contributed by atoms with Gasteiger partial charge in [-0.25, -0.2) is 0 Å². The Morgan fingerprint density at radius 2 is 2.00 bits per heavy atom. The Bertz CT molecular complexity index is 199. The van der Waals surface area contributed by atoms with Crippen LogP contribution < -0.4 is 5.32 Å². The highest BCUT2D eigenvalue weighted by Gasteiger charge is 2.38. The van der Waals surface area contributed by atoms with Gasteiger partial charge in [-0.3, -0.25) is 0 Å². The smallest absolute Gasteiger partial charge is 0.0159 e. The highest BCUT2D eigenvalue weighted by Crippen LogP contribution is 2.39. The first kappa shape index (κ1) is 14.0. The molecule has 2 unspecified atom stereocenters. The Morgan fingerprint density at radius 1 is 1.31 bits per heavy atom. The van der Waals surface area contributed by atoms with Gasteiger partial charge in [0.15, 0.2) is 0 Å². The molecule has 0 radical (unpaired) electrons. The SMILES string of the molecule is CCCNC1C(CN(C)C)CCCC1(C)C. The molecule has 0 aliphatic heterocycles. The Morgan fingerprint density at radius 3 is 2.56 bits per heavy atom. The van der Waals surface area contributed by atoms with Crippen molar-refractivity contribution in [1.29, 1.82) is 0 Å². The molecule has 2 nitrogen and oxygen atoms in total. The molecule has 0 heterocycles. The van der Waals surface area contributed by atoms with Gasteiger partial charge in [0.25, 0.3) is 0 Å². The van der Waals surface area contributed by atoms with Crippen molar-refractivity contribution in [2.75, 3.05) is 27.2 Å². The zero-order chi connectivity index (χ0) is 12.2. The van der Waals surface area contributed by atoms with Crippen LogP contribution in [0.15, 0.2) is 0 Å². The Labute approximate surface area is 102 Å². The summed E-state index contributed by atoms with van der Waals surface area (Å²) in [6.45, 7) is 9.51. The normalized spacial score (nSPS) is 29.6. The van der Waals surface area contributed by atoms with E-state index in [0.29, 0.717) is 11.5 Å². The molecule has 0 bridgehead atoms. The number of nitrogens with zero attached hydrogens (tertiary/aromatic N) is 1. The first-order valence-electron chi connectivity index (χ1n) is 6.85. The van der Waals surface area contributed by atoms with E-state index in [2.05, 4.69) is 45.1 Å². The van der Waals surface area contributed by atoms with Gasteiger partial charge < -0.3 is 10.2 Å². The first-order valence-corrected chi connectivity index (χ1v) is 6.85. The molecule has 1 fully saturated rings. The standard InChI is InChI=1S/C14H30N2/c1-6-10-15-13-12(11-16(4)5)8-7-9-14(13,2)3/h12-13,15H,6-11H2,1-5H3. The van der Waals surface area contributed by atoms with Crippen LogP contribution in [0.3, 0.4) is 0 Å². The summed E-state index contributed by atoms with van der Waals surface area (Å²) >= 11 is 0. The third-order valence-corrected chi connectivity index (χ3v) is 3.92. The number of hydrogen-bond acceptors (Lipinski definition) is 2. The second-order valence-electron chi connectivity index (χ2n) is 6.33. The van der Waals surface area contributed by atoms with E-state index in [4.69, 9.17) is 0 Å². The predicted molar refractivity (Wildman–Crippen MR) is 71.8 cm³/mol. The fourth-order valence-corrected chi connectivity index (χ4v) is 3.19. The van der Waals surface area contributed by atoms with Crippen LogP contribution in [0.2, 0.25) is 0 Å². The van der Waals surface area contributed by atoms with E-state index in [-0.39, 0.29) is 0 Å². The van der Waals surface area contributed by atoms with Crippen molar-refractivity contribution in [3.05, 3.63) is 0 Å². The van der Waals surface area contributed by atoms with Crippen LogP contribution in [-0.4, -0.2) is 38.1 Å². The van der Waals surface area contributed by atoms with Crippen molar-refractivity contribution in [3.63, 3.8) is 0 Å². The maximum absolute atomic E-state index is 3.79. The Hall–Kier alpha value is -0.0800. The lowest BCUT2D eigenvalue weighted by Gasteiger charge is -2.45. The van der Waals surface area contributed by atoms with Crippen molar-refractivity contribution >= 4 is 0 Å². The molecular weight excluding hydrogens is 196 g/mol. The van der Waals surface area contributed by atoms with Gasteiger partial charge in [0.2, 0.25) is 0 Å². The molecule has 2 heteroatoms. The summed E-state index contributed by atoms with van der Waals surface area (Å²) in [4.78, 5) is 2.34. The van der Waals surface area contributed by atoms with E-state index in [9.17, 15) is 0 Å². The summed E-state index contributed by atoms with van der Waals surface area (Å²) in [7, 11) is 4.39. The molecule has 1 aliphatic rings. The van der Waals surface area contributed by atoms with Gasteiger partial charge in [-0.1, -0.05) is 27.2 Å². The van der Waals surface area contributed by atoms with Crippen LogP contribution in [0.4, 0.5) is 0 Å². The lowest BCUT2D eigenvalue weighted by Crippen LogP contribution is -2.52. The Kier molecular flexibility index (Phi) is 5.26. The molecule has 0 spiro atoms. The monoisotopic (exact) mass is 226 g/mol. The Balaban J connectivity index is 2.63. The van der Waals surface area contributed by atoms with Crippen molar-refractivity contribution in [2.24, 2.45) is 11.3 Å². The molecule has 1 rings (SSSR count). The van der Waals surface area contributed by atoms with Gasteiger partial charge >= 0.3 is 0 Å². The molecule has 0 aromatic heterocycles. The summed E-state index contributed by atoms with van der Waals surface area (Å²) in [6, 6.07) is 0.698. The van der Waals surface area contributed by atoms with Crippen molar-refractivity contribution in [3.8, 4) is 0 Å². The van der Waals surface area contributed by atoms with E-state index in [1.54, 1.807) is 0 Å². The lowest BCUT2D eigenvalue weighted by atomic mass is 9.67. The summed E-state index contributed by atoms with van der Waals surface area (Å²) in [5.74, 6) is 0.824.